The summed E-state index contributed by atoms with van der Waals surface area (Å²) in [6.07, 6.45) is 0. The molecule has 0 radical (unpaired) electrons. The van der Waals surface area contributed by atoms with Crippen LogP contribution in [0.15, 0.2) is 24.3 Å². The minimum atomic E-state index is 0.600. The maximum Gasteiger partial charge on any atom is 0.0716 e. The number of methoxy groups -OCH3 is 1. The summed E-state index contributed by atoms with van der Waals surface area (Å²) in [6, 6.07) is 9.08. The normalized spacial score (nSPS) is 21.2. The van der Waals surface area contributed by atoms with Crippen LogP contribution in [0.25, 0.3) is 0 Å². The third kappa shape index (κ3) is 4.28. The molecule has 4 heteroatoms. The molecule has 0 spiro atoms. The lowest BCUT2D eigenvalue weighted by Crippen LogP contribution is -2.53. The Labute approximate surface area is 122 Å². The number of likely N-dealkylation sites (N-methyl/N-ethyl adjacent to an activating group) is 2. The topological polar surface area (TPSA) is 27.7 Å². The van der Waals surface area contributed by atoms with Gasteiger partial charge in [-0.2, -0.15) is 0 Å². The number of piperazine rings is 1. The van der Waals surface area contributed by atoms with Crippen molar-refractivity contribution < 1.29 is 4.74 Å². The van der Waals surface area contributed by atoms with E-state index in [1.165, 1.54) is 17.7 Å². The fourth-order valence-electron chi connectivity index (χ4n) is 2.72. The summed E-state index contributed by atoms with van der Waals surface area (Å²) in [5, 5.41) is 3.60. The zero-order valence-corrected chi connectivity index (χ0v) is 12.9. The van der Waals surface area contributed by atoms with Crippen LogP contribution in [-0.2, 0) is 17.9 Å². The van der Waals surface area contributed by atoms with Crippen molar-refractivity contribution in [2.45, 2.75) is 19.2 Å². The predicted octanol–water partition coefficient (Wildman–Crippen LogP) is 1.17. The van der Waals surface area contributed by atoms with Crippen molar-refractivity contribution in [1.82, 2.24) is 15.1 Å². The van der Waals surface area contributed by atoms with Crippen molar-refractivity contribution in [3.05, 3.63) is 35.4 Å². The molecule has 20 heavy (non-hydrogen) atoms. The minimum absolute atomic E-state index is 0.600. The fourth-order valence-corrected chi connectivity index (χ4v) is 2.72. The molecule has 1 N–H and O–H groups in total. The van der Waals surface area contributed by atoms with E-state index >= 15 is 0 Å². The Balaban J connectivity index is 1.83. The maximum atomic E-state index is 5.25. The molecule has 1 heterocycles. The van der Waals surface area contributed by atoms with Crippen LogP contribution >= 0.6 is 0 Å². The third-order valence-electron chi connectivity index (χ3n) is 4.09. The number of hydrogen-bond donors (Lipinski definition) is 1. The van der Waals surface area contributed by atoms with Crippen LogP contribution < -0.4 is 5.32 Å². The van der Waals surface area contributed by atoms with E-state index < -0.39 is 0 Å². The van der Waals surface area contributed by atoms with Crippen LogP contribution in [-0.4, -0.2) is 63.2 Å². The van der Waals surface area contributed by atoms with E-state index in [2.05, 4.69) is 53.5 Å². The van der Waals surface area contributed by atoms with Gasteiger partial charge in [0.2, 0.25) is 0 Å². The molecule has 1 aromatic rings. The average Bonchev–Trinajstić information content (AvgIpc) is 2.45. The molecule has 1 atom stereocenters. The molecule has 2 rings (SSSR count). The predicted molar refractivity (Wildman–Crippen MR) is 82.8 cm³/mol. The first kappa shape index (κ1) is 15.4. The number of nitrogens with one attached hydrogen (secondary N) is 1. The lowest BCUT2D eigenvalue weighted by Gasteiger charge is -2.37. The van der Waals surface area contributed by atoms with Crippen molar-refractivity contribution in [3.8, 4) is 0 Å². The molecule has 112 valence electrons. The van der Waals surface area contributed by atoms with Gasteiger partial charge in [0.25, 0.3) is 0 Å². The second-order valence-electron chi connectivity index (χ2n) is 5.73. The quantitative estimate of drug-likeness (QED) is 0.845. The molecule has 1 aromatic carbocycles. The molecule has 0 bridgehead atoms. The highest BCUT2D eigenvalue weighted by atomic mass is 16.5. The zero-order chi connectivity index (χ0) is 14.4. The van der Waals surface area contributed by atoms with Gasteiger partial charge in [-0.1, -0.05) is 24.3 Å². The monoisotopic (exact) mass is 277 g/mol. The fraction of sp³-hybridized carbons (Fsp3) is 0.625. The molecule has 1 unspecified atom stereocenters. The summed E-state index contributed by atoms with van der Waals surface area (Å²) >= 11 is 0. The maximum absolute atomic E-state index is 5.25. The van der Waals surface area contributed by atoms with Gasteiger partial charge in [0.15, 0.2) is 0 Å². The Kier molecular flexibility index (Phi) is 5.98. The molecule has 1 saturated heterocycles. The van der Waals surface area contributed by atoms with E-state index in [-0.39, 0.29) is 0 Å². The molecule has 1 aliphatic rings. The first-order chi connectivity index (χ1) is 9.70. The zero-order valence-electron chi connectivity index (χ0n) is 12.9. The van der Waals surface area contributed by atoms with E-state index in [9.17, 15) is 0 Å². The van der Waals surface area contributed by atoms with Crippen LogP contribution in [0.4, 0.5) is 0 Å². The summed E-state index contributed by atoms with van der Waals surface area (Å²) in [5.74, 6) is 0. The van der Waals surface area contributed by atoms with Crippen LogP contribution in [0.2, 0.25) is 0 Å². The van der Waals surface area contributed by atoms with Crippen molar-refractivity contribution in [2.75, 3.05) is 47.4 Å². The lowest BCUT2D eigenvalue weighted by molar-refractivity contribution is 0.113. The average molecular weight is 277 g/mol. The van der Waals surface area contributed by atoms with Gasteiger partial charge in [-0.05, 0) is 25.2 Å². The highest BCUT2D eigenvalue weighted by Gasteiger charge is 2.21. The number of nitrogens with zero attached hydrogens (tertiary/aromatic N) is 2. The molecular weight excluding hydrogens is 250 g/mol. The van der Waals surface area contributed by atoms with Gasteiger partial charge >= 0.3 is 0 Å². The Bertz CT molecular complexity index is 410. The van der Waals surface area contributed by atoms with Crippen LogP contribution in [0.5, 0.6) is 0 Å². The summed E-state index contributed by atoms with van der Waals surface area (Å²) < 4.78 is 5.25. The summed E-state index contributed by atoms with van der Waals surface area (Å²) in [6.45, 7) is 6.09. The molecule has 0 aromatic heterocycles. The van der Waals surface area contributed by atoms with E-state index in [4.69, 9.17) is 4.74 Å². The number of benzene rings is 1. The van der Waals surface area contributed by atoms with Gasteiger partial charge < -0.3 is 15.0 Å². The highest BCUT2D eigenvalue weighted by molar-refractivity contribution is 5.26. The molecule has 1 aliphatic heterocycles. The summed E-state index contributed by atoms with van der Waals surface area (Å²) in [5.41, 5.74) is 2.61. The van der Waals surface area contributed by atoms with Crippen molar-refractivity contribution in [3.63, 3.8) is 0 Å². The van der Waals surface area contributed by atoms with Crippen molar-refractivity contribution in [1.29, 1.82) is 0 Å². The van der Waals surface area contributed by atoms with Gasteiger partial charge in [0.05, 0.1) is 6.61 Å². The van der Waals surface area contributed by atoms with Crippen molar-refractivity contribution in [2.24, 2.45) is 0 Å². The smallest absolute Gasteiger partial charge is 0.0716 e. The second kappa shape index (κ2) is 7.74. The van der Waals surface area contributed by atoms with Gasteiger partial charge in [0.1, 0.15) is 0 Å². The number of rotatable bonds is 6. The summed E-state index contributed by atoms with van der Waals surface area (Å²) in [7, 11) is 6.17. The van der Waals surface area contributed by atoms with Crippen LogP contribution in [0, 0.1) is 0 Å². The molecular formula is C16H27N3O. The standard InChI is InChI=1S/C16H27N3O/c1-18-8-9-19(2)16(12-18)11-17-10-14-6-4-5-7-15(14)13-20-3/h4-7,16-17H,8-13H2,1-3H3. The molecule has 0 aliphatic carbocycles. The Morgan fingerprint density at radius 1 is 1.20 bits per heavy atom. The minimum Gasteiger partial charge on any atom is -0.380 e. The van der Waals surface area contributed by atoms with E-state index in [0.29, 0.717) is 12.6 Å². The Hall–Kier alpha value is -0.940. The first-order valence-electron chi connectivity index (χ1n) is 7.36. The number of hydrogen-bond acceptors (Lipinski definition) is 4. The van der Waals surface area contributed by atoms with E-state index in [1.54, 1.807) is 7.11 Å². The van der Waals surface area contributed by atoms with Gasteiger partial charge in [-0.3, -0.25) is 4.90 Å². The number of ether oxygens (including phenoxy) is 1. The van der Waals surface area contributed by atoms with Crippen LogP contribution in [0.3, 0.4) is 0 Å². The Morgan fingerprint density at radius 3 is 2.70 bits per heavy atom. The van der Waals surface area contributed by atoms with E-state index in [0.717, 1.165) is 26.2 Å². The van der Waals surface area contributed by atoms with Gasteiger partial charge in [-0.15, -0.1) is 0 Å². The highest BCUT2D eigenvalue weighted by Crippen LogP contribution is 2.10. The van der Waals surface area contributed by atoms with Gasteiger partial charge in [0, 0.05) is 45.9 Å². The molecule has 0 saturated carbocycles. The second-order valence-corrected chi connectivity index (χ2v) is 5.73. The Morgan fingerprint density at radius 2 is 1.95 bits per heavy atom. The first-order valence-corrected chi connectivity index (χ1v) is 7.36. The third-order valence-corrected chi connectivity index (χ3v) is 4.09. The van der Waals surface area contributed by atoms with Crippen LogP contribution in [0.1, 0.15) is 11.1 Å². The SMILES string of the molecule is COCc1ccccc1CNCC1CN(C)CCN1C. The molecule has 1 fully saturated rings. The van der Waals surface area contributed by atoms with Crippen molar-refractivity contribution >= 4 is 0 Å². The summed E-state index contributed by atoms with van der Waals surface area (Å²) in [4.78, 5) is 4.86. The lowest BCUT2D eigenvalue weighted by atomic mass is 10.1. The molecule has 4 nitrogen and oxygen atoms in total. The van der Waals surface area contributed by atoms with Gasteiger partial charge in [-0.25, -0.2) is 0 Å². The largest absolute Gasteiger partial charge is 0.380 e. The molecule has 0 amide bonds. The van der Waals surface area contributed by atoms with E-state index in [1.807, 2.05) is 0 Å².